The van der Waals surface area contributed by atoms with Gasteiger partial charge in [0.05, 0.1) is 5.60 Å². The number of benzene rings is 2. The minimum atomic E-state index is -0.964. The summed E-state index contributed by atoms with van der Waals surface area (Å²) in [5.74, 6) is 0.0724. The molecule has 2 aromatic carbocycles. The summed E-state index contributed by atoms with van der Waals surface area (Å²) in [6.45, 7) is 1.80. The molecular weight excluding hydrogens is 260 g/mol. The Morgan fingerprint density at radius 2 is 1.76 bits per heavy atom. The van der Waals surface area contributed by atoms with Crippen LogP contribution in [0.15, 0.2) is 54.6 Å². The van der Waals surface area contributed by atoms with Gasteiger partial charge in [-0.25, -0.2) is 0 Å². The quantitative estimate of drug-likeness (QED) is 0.930. The fourth-order valence-corrected chi connectivity index (χ4v) is 3.25. The molecule has 0 saturated heterocycles. The molecule has 2 aromatic rings. The van der Waals surface area contributed by atoms with Crippen LogP contribution in [0, 0.1) is 5.92 Å². The van der Waals surface area contributed by atoms with Crippen molar-refractivity contribution in [1.29, 1.82) is 0 Å². The molecule has 0 spiro atoms. The van der Waals surface area contributed by atoms with E-state index in [1.54, 1.807) is 6.92 Å². The summed E-state index contributed by atoms with van der Waals surface area (Å²) in [6.07, 6.45) is 2.21. The molecule has 108 valence electrons. The highest BCUT2D eigenvalue weighted by Gasteiger charge is 2.34. The molecule has 0 aromatic heterocycles. The van der Waals surface area contributed by atoms with Gasteiger partial charge in [0.1, 0.15) is 0 Å². The van der Waals surface area contributed by atoms with Gasteiger partial charge in [-0.05, 0) is 37.3 Å². The molecular formula is C19H20O2. The second-order valence-corrected chi connectivity index (χ2v) is 6.10. The summed E-state index contributed by atoms with van der Waals surface area (Å²) in [5, 5.41) is 10.8. The van der Waals surface area contributed by atoms with E-state index in [4.69, 9.17) is 0 Å². The summed E-state index contributed by atoms with van der Waals surface area (Å²) in [5.41, 5.74) is 1.88. The normalized spacial score (nSPS) is 20.7. The molecule has 2 heteroatoms. The number of Topliss-reactive ketones (excluding diaryl/α,β-unsaturated/α-hetero) is 1. The second kappa shape index (κ2) is 5.45. The third-order valence-electron chi connectivity index (χ3n) is 4.46. The number of hydrogen-bond acceptors (Lipinski definition) is 2. The largest absolute Gasteiger partial charge is 0.385 e. The van der Waals surface area contributed by atoms with Crippen molar-refractivity contribution in [3.8, 4) is 0 Å². The number of rotatable bonds is 3. The molecule has 1 N–H and O–H groups in total. The zero-order valence-electron chi connectivity index (χ0n) is 12.3. The van der Waals surface area contributed by atoms with Crippen LogP contribution in [-0.4, -0.2) is 10.9 Å². The maximum Gasteiger partial charge on any atom is 0.166 e. The van der Waals surface area contributed by atoms with E-state index in [-0.39, 0.29) is 11.7 Å². The molecule has 1 aliphatic carbocycles. The Bertz CT molecular complexity index is 644. The Hall–Kier alpha value is -1.93. The molecule has 0 amide bonds. The van der Waals surface area contributed by atoms with Gasteiger partial charge in [0.25, 0.3) is 0 Å². The molecule has 3 rings (SSSR count). The Labute approximate surface area is 125 Å². The van der Waals surface area contributed by atoms with Crippen molar-refractivity contribution in [1.82, 2.24) is 0 Å². The van der Waals surface area contributed by atoms with Crippen molar-refractivity contribution in [3.05, 3.63) is 71.3 Å². The average molecular weight is 280 g/mol. The first-order valence-electron chi connectivity index (χ1n) is 7.48. The van der Waals surface area contributed by atoms with Gasteiger partial charge < -0.3 is 5.11 Å². The molecule has 21 heavy (non-hydrogen) atoms. The van der Waals surface area contributed by atoms with Gasteiger partial charge in [-0.3, -0.25) is 4.79 Å². The first kappa shape index (κ1) is 14.0. The molecule has 2 atom stereocenters. The van der Waals surface area contributed by atoms with E-state index >= 15 is 0 Å². The van der Waals surface area contributed by atoms with Gasteiger partial charge >= 0.3 is 0 Å². The SMILES string of the molecule is CC(O)(CC1CCc2ccccc2C1=O)c1ccccc1. The predicted molar refractivity (Wildman–Crippen MR) is 83.2 cm³/mol. The Balaban J connectivity index is 1.82. The van der Waals surface area contributed by atoms with E-state index in [1.807, 2.05) is 54.6 Å². The molecule has 2 nitrogen and oxygen atoms in total. The standard InChI is InChI=1S/C19H20O2/c1-19(21,16-8-3-2-4-9-16)13-15-12-11-14-7-5-6-10-17(14)18(15)20/h2-10,15,21H,11-13H2,1H3. The smallest absolute Gasteiger partial charge is 0.166 e. The molecule has 0 fully saturated rings. The number of carbonyl (C=O) groups excluding carboxylic acids is 1. The van der Waals surface area contributed by atoms with E-state index in [2.05, 4.69) is 0 Å². The van der Waals surface area contributed by atoms with Crippen LogP contribution in [0.5, 0.6) is 0 Å². The highest BCUT2D eigenvalue weighted by Crippen LogP contribution is 2.35. The summed E-state index contributed by atoms with van der Waals surface area (Å²) >= 11 is 0. The van der Waals surface area contributed by atoms with Crippen LogP contribution < -0.4 is 0 Å². The lowest BCUT2D eigenvalue weighted by Crippen LogP contribution is -2.31. The topological polar surface area (TPSA) is 37.3 Å². The minimum absolute atomic E-state index is 0.102. The molecule has 2 unspecified atom stereocenters. The Morgan fingerprint density at radius 1 is 1.10 bits per heavy atom. The lowest BCUT2D eigenvalue weighted by Gasteiger charge is -2.31. The van der Waals surface area contributed by atoms with Crippen LogP contribution in [0.25, 0.3) is 0 Å². The fraction of sp³-hybridized carbons (Fsp3) is 0.316. The van der Waals surface area contributed by atoms with Crippen molar-refractivity contribution >= 4 is 5.78 Å². The highest BCUT2D eigenvalue weighted by molar-refractivity contribution is 6.00. The van der Waals surface area contributed by atoms with E-state index in [1.165, 1.54) is 0 Å². The van der Waals surface area contributed by atoms with Crippen molar-refractivity contribution in [2.45, 2.75) is 31.8 Å². The van der Waals surface area contributed by atoms with Gasteiger partial charge in [0.15, 0.2) is 5.78 Å². The van der Waals surface area contributed by atoms with Crippen molar-refractivity contribution in [2.75, 3.05) is 0 Å². The monoisotopic (exact) mass is 280 g/mol. The lowest BCUT2D eigenvalue weighted by atomic mass is 9.76. The molecule has 0 saturated carbocycles. The molecule has 0 radical (unpaired) electrons. The van der Waals surface area contributed by atoms with E-state index < -0.39 is 5.60 Å². The highest BCUT2D eigenvalue weighted by atomic mass is 16.3. The van der Waals surface area contributed by atoms with Crippen LogP contribution in [0.3, 0.4) is 0 Å². The van der Waals surface area contributed by atoms with Crippen LogP contribution in [-0.2, 0) is 12.0 Å². The minimum Gasteiger partial charge on any atom is -0.385 e. The van der Waals surface area contributed by atoms with Crippen molar-refractivity contribution in [3.63, 3.8) is 0 Å². The number of aliphatic hydroxyl groups is 1. The first-order chi connectivity index (χ1) is 10.1. The molecule has 0 bridgehead atoms. The maximum atomic E-state index is 12.6. The number of ketones is 1. The van der Waals surface area contributed by atoms with Crippen LogP contribution >= 0.6 is 0 Å². The van der Waals surface area contributed by atoms with E-state index in [0.717, 1.165) is 29.5 Å². The Morgan fingerprint density at radius 3 is 2.52 bits per heavy atom. The fourth-order valence-electron chi connectivity index (χ4n) is 3.25. The number of aryl methyl sites for hydroxylation is 1. The average Bonchev–Trinajstić information content (AvgIpc) is 2.51. The van der Waals surface area contributed by atoms with Gasteiger partial charge in [-0.15, -0.1) is 0 Å². The zero-order chi connectivity index (χ0) is 14.9. The van der Waals surface area contributed by atoms with Gasteiger partial charge in [-0.1, -0.05) is 54.6 Å². The Kier molecular flexibility index (Phi) is 3.64. The third-order valence-corrected chi connectivity index (χ3v) is 4.46. The summed E-state index contributed by atoms with van der Waals surface area (Å²) in [4.78, 5) is 12.6. The predicted octanol–water partition coefficient (Wildman–Crippen LogP) is 3.73. The molecule has 0 heterocycles. The van der Waals surface area contributed by atoms with Crippen molar-refractivity contribution in [2.24, 2.45) is 5.92 Å². The van der Waals surface area contributed by atoms with Crippen LogP contribution in [0.4, 0.5) is 0 Å². The van der Waals surface area contributed by atoms with Gasteiger partial charge in [0, 0.05) is 11.5 Å². The molecule has 1 aliphatic rings. The molecule has 0 aliphatic heterocycles. The van der Waals surface area contributed by atoms with Gasteiger partial charge in [-0.2, -0.15) is 0 Å². The lowest BCUT2D eigenvalue weighted by molar-refractivity contribution is 0.0267. The number of hydrogen-bond donors (Lipinski definition) is 1. The second-order valence-electron chi connectivity index (χ2n) is 6.10. The van der Waals surface area contributed by atoms with Crippen LogP contribution in [0.1, 0.15) is 41.3 Å². The van der Waals surface area contributed by atoms with E-state index in [9.17, 15) is 9.90 Å². The zero-order valence-corrected chi connectivity index (χ0v) is 12.3. The number of carbonyl (C=O) groups is 1. The van der Waals surface area contributed by atoms with Gasteiger partial charge in [0.2, 0.25) is 0 Å². The van der Waals surface area contributed by atoms with Crippen LogP contribution in [0.2, 0.25) is 0 Å². The third kappa shape index (κ3) is 2.77. The number of fused-ring (bicyclic) bond motifs is 1. The summed E-state index contributed by atoms with van der Waals surface area (Å²) < 4.78 is 0. The first-order valence-corrected chi connectivity index (χ1v) is 7.48. The van der Waals surface area contributed by atoms with E-state index in [0.29, 0.717) is 6.42 Å². The summed E-state index contributed by atoms with van der Waals surface area (Å²) in [7, 11) is 0. The van der Waals surface area contributed by atoms with Crippen molar-refractivity contribution < 1.29 is 9.90 Å². The summed E-state index contributed by atoms with van der Waals surface area (Å²) in [6, 6.07) is 17.4. The maximum absolute atomic E-state index is 12.6.